The molecule has 2 aromatic rings. The lowest BCUT2D eigenvalue weighted by molar-refractivity contribution is -0.192. The summed E-state index contributed by atoms with van der Waals surface area (Å²) in [5, 5.41) is 7.12. The molecule has 0 aliphatic carbocycles. The Morgan fingerprint density at radius 2 is 1.59 bits per heavy atom. The Balaban J connectivity index is 0.000000566. The van der Waals surface area contributed by atoms with Gasteiger partial charge >= 0.3 is 12.1 Å². The van der Waals surface area contributed by atoms with Gasteiger partial charge in [0, 0.05) is 36.8 Å². The molecule has 0 atom stereocenters. The third-order valence-electron chi connectivity index (χ3n) is 8.30. The number of amides is 2. The highest BCUT2D eigenvalue weighted by Crippen LogP contribution is 2.43. The Labute approximate surface area is 254 Å². The van der Waals surface area contributed by atoms with Gasteiger partial charge in [0.25, 0.3) is 5.91 Å². The first kappa shape index (κ1) is 32.8. The van der Waals surface area contributed by atoms with E-state index in [1.807, 2.05) is 35.2 Å². The molecule has 3 aliphatic rings. The zero-order valence-electron chi connectivity index (χ0n) is 24.9. The quantitative estimate of drug-likeness (QED) is 0.459. The van der Waals surface area contributed by atoms with Crippen molar-refractivity contribution in [1.82, 2.24) is 9.80 Å². The van der Waals surface area contributed by atoms with Crippen molar-refractivity contribution < 1.29 is 42.1 Å². The van der Waals surface area contributed by atoms with Gasteiger partial charge in [-0.05, 0) is 81.8 Å². The predicted octanol–water partition coefficient (Wildman–Crippen LogP) is 4.89. The summed E-state index contributed by atoms with van der Waals surface area (Å²) in [7, 11) is 0. The maximum absolute atomic E-state index is 13.3. The summed E-state index contributed by atoms with van der Waals surface area (Å²) >= 11 is 0. The Hall–Kier alpha value is -4.06. The number of halogens is 3. The summed E-state index contributed by atoms with van der Waals surface area (Å²) in [4.78, 5) is 37.8. The number of carbonyl (C=O) groups is 3. The number of benzene rings is 2. The van der Waals surface area contributed by atoms with Crippen LogP contribution in [0.15, 0.2) is 48.5 Å². The van der Waals surface area contributed by atoms with Crippen LogP contribution in [0.25, 0.3) is 6.08 Å². The van der Waals surface area contributed by atoms with E-state index in [-0.39, 0.29) is 11.5 Å². The molecule has 2 saturated heterocycles. The monoisotopic (exact) mass is 617 g/mol. The fourth-order valence-corrected chi connectivity index (χ4v) is 5.76. The molecule has 2 fully saturated rings. The molecule has 44 heavy (non-hydrogen) atoms. The van der Waals surface area contributed by atoms with E-state index in [0.717, 1.165) is 75.5 Å². The standard InChI is InChI=1S/C30H37N3O4.C2HF3O2/c1-29(2)21-36-25-9-5-7-23(27(25)37-29)20-32-16-12-30(13-17-32)14-18-33(19-15-30)28(35)24-8-4-3-6-22(24)10-11-26(31)34;3-2(4,5)1(6)7/h3-11H,12-21H2,1-2H3,(H2,31,34);(H,6,7). The number of fused-ring (bicyclic) bond motifs is 1. The largest absolute Gasteiger partial charge is 0.490 e. The normalized spacial score (nSPS) is 19.2. The van der Waals surface area contributed by atoms with Crippen LogP contribution < -0.4 is 15.2 Å². The molecule has 0 unspecified atom stereocenters. The molecule has 5 rings (SSSR count). The topological polar surface area (TPSA) is 122 Å². The van der Waals surface area contributed by atoms with Gasteiger partial charge < -0.3 is 25.2 Å². The van der Waals surface area contributed by atoms with Crippen LogP contribution in [0, 0.1) is 5.41 Å². The van der Waals surface area contributed by atoms with Crippen molar-refractivity contribution in [2.45, 2.75) is 57.9 Å². The molecular weight excluding hydrogens is 579 g/mol. The van der Waals surface area contributed by atoms with E-state index in [2.05, 4.69) is 30.9 Å². The molecule has 3 heterocycles. The van der Waals surface area contributed by atoms with Crippen molar-refractivity contribution in [3.63, 3.8) is 0 Å². The first-order valence-electron chi connectivity index (χ1n) is 14.5. The van der Waals surface area contributed by atoms with Gasteiger partial charge in [-0.25, -0.2) is 4.79 Å². The summed E-state index contributed by atoms with van der Waals surface area (Å²) in [5.41, 5.74) is 7.75. The van der Waals surface area contributed by atoms with E-state index in [1.165, 1.54) is 11.6 Å². The number of hydrogen-bond donors (Lipinski definition) is 2. The second-order valence-corrected chi connectivity index (χ2v) is 12.1. The lowest BCUT2D eigenvalue weighted by Gasteiger charge is -2.47. The Morgan fingerprint density at radius 1 is 0.977 bits per heavy atom. The van der Waals surface area contributed by atoms with E-state index in [4.69, 9.17) is 25.1 Å². The number of likely N-dealkylation sites (tertiary alicyclic amines) is 2. The van der Waals surface area contributed by atoms with E-state index in [0.29, 0.717) is 17.6 Å². The minimum absolute atomic E-state index is 0.0241. The number of hydrogen-bond acceptors (Lipinski definition) is 6. The highest BCUT2D eigenvalue weighted by molar-refractivity contribution is 5.99. The number of para-hydroxylation sites is 1. The minimum atomic E-state index is -5.08. The Morgan fingerprint density at radius 3 is 2.20 bits per heavy atom. The number of primary amides is 1. The van der Waals surface area contributed by atoms with Crippen LogP contribution in [0.4, 0.5) is 13.2 Å². The van der Waals surface area contributed by atoms with Crippen LogP contribution in [-0.2, 0) is 16.1 Å². The first-order chi connectivity index (χ1) is 20.7. The van der Waals surface area contributed by atoms with E-state index >= 15 is 0 Å². The maximum atomic E-state index is 13.3. The highest BCUT2D eigenvalue weighted by Gasteiger charge is 2.40. The molecule has 3 N–H and O–H groups in total. The van der Waals surface area contributed by atoms with Crippen molar-refractivity contribution in [1.29, 1.82) is 0 Å². The van der Waals surface area contributed by atoms with E-state index in [1.54, 1.807) is 6.08 Å². The Bertz CT molecular complexity index is 1390. The molecule has 0 aromatic heterocycles. The van der Waals surface area contributed by atoms with Crippen LogP contribution in [0.1, 0.15) is 61.0 Å². The fraction of sp³-hybridized carbons (Fsp3) is 0.469. The van der Waals surface area contributed by atoms with Gasteiger partial charge in [-0.2, -0.15) is 13.2 Å². The molecule has 9 nitrogen and oxygen atoms in total. The van der Waals surface area contributed by atoms with Gasteiger partial charge in [0.1, 0.15) is 12.2 Å². The van der Waals surface area contributed by atoms with Gasteiger partial charge in [0.2, 0.25) is 5.91 Å². The maximum Gasteiger partial charge on any atom is 0.490 e. The fourth-order valence-electron chi connectivity index (χ4n) is 5.76. The summed E-state index contributed by atoms with van der Waals surface area (Å²) < 4.78 is 44.0. The molecule has 238 valence electrons. The summed E-state index contributed by atoms with van der Waals surface area (Å²) in [6, 6.07) is 13.6. The second kappa shape index (κ2) is 13.3. The molecule has 12 heteroatoms. The van der Waals surface area contributed by atoms with Crippen molar-refractivity contribution in [2.75, 3.05) is 32.8 Å². The zero-order valence-corrected chi connectivity index (χ0v) is 24.9. The van der Waals surface area contributed by atoms with Crippen LogP contribution in [-0.4, -0.2) is 77.3 Å². The number of nitrogens with zero attached hydrogens (tertiary/aromatic N) is 2. The second-order valence-electron chi connectivity index (χ2n) is 12.1. The number of ether oxygens (including phenoxy) is 2. The summed E-state index contributed by atoms with van der Waals surface area (Å²) in [6.45, 7) is 9.16. The molecular formula is C32H38F3N3O6. The molecule has 0 radical (unpaired) electrons. The minimum Gasteiger partial charge on any atom is -0.486 e. The van der Waals surface area contributed by atoms with Crippen LogP contribution in [0.3, 0.4) is 0 Å². The number of aliphatic carboxylic acids is 1. The van der Waals surface area contributed by atoms with Gasteiger partial charge in [-0.1, -0.05) is 30.3 Å². The lowest BCUT2D eigenvalue weighted by atomic mass is 9.71. The van der Waals surface area contributed by atoms with Crippen LogP contribution in [0.2, 0.25) is 0 Å². The summed E-state index contributed by atoms with van der Waals surface area (Å²) in [6.07, 6.45) is 2.18. The van der Waals surface area contributed by atoms with Gasteiger partial charge in [0.05, 0.1) is 0 Å². The molecule has 0 bridgehead atoms. The molecule has 2 aromatic carbocycles. The third kappa shape index (κ3) is 8.31. The number of carboxylic acids is 1. The van der Waals surface area contributed by atoms with Crippen molar-refractivity contribution >= 4 is 23.9 Å². The lowest BCUT2D eigenvalue weighted by Crippen LogP contribution is -2.48. The molecule has 2 amide bonds. The number of nitrogens with two attached hydrogens (primary N) is 1. The van der Waals surface area contributed by atoms with Gasteiger partial charge in [-0.15, -0.1) is 0 Å². The Kier molecular flexibility index (Phi) is 9.92. The van der Waals surface area contributed by atoms with Gasteiger partial charge in [0.15, 0.2) is 11.5 Å². The van der Waals surface area contributed by atoms with Crippen LogP contribution in [0.5, 0.6) is 11.5 Å². The van der Waals surface area contributed by atoms with E-state index < -0.39 is 18.1 Å². The molecule has 1 spiro atoms. The molecule has 3 aliphatic heterocycles. The highest BCUT2D eigenvalue weighted by atomic mass is 19.4. The zero-order chi connectivity index (χ0) is 32.1. The first-order valence-corrected chi connectivity index (χ1v) is 14.5. The smallest absolute Gasteiger partial charge is 0.486 e. The number of carbonyl (C=O) groups excluding carboxylic acids is 2. The van der Waals surface area contributed by atoms with Crippen molar-refractivity contribution in [3.8, 4) is 11.5 Å². The van der Waals surface area contributed by atoms with Crippen LogP contribution >= 0.6 is 0 Å². The number of alkyl halides is 3. The van der Waals surface area contributed by atoms with Gasteiger partial charge in [-0.3, -0.25) is 14.5 Å². The van der Waals surface area contributed by atoms with Crippen molar-refractivity contribution in [3.05, 3.63) is 65.2 Å². The van der Waals surface area contributed by atoms with E-state index in [9.17, 15) is 22.8 Å². The average molecular weight is 618 g/mol. The predicted molar refractivity (Wildman–Crippen MR) is 157 cm³/mol. The SMILES string of the molecule is CC1(C)COc2cccc(CN3CCC4(CC3)CCN(C(=O)c3ccccc3C=CC(N)=O)CC4)c2O1.O=C(O)C(F)(F)F. The number of carboxylic acid groups (broad SMARTS) is 1. The average Bonchev–Trinajstić information content (AvgIpc) is 2.97. The number of rotatable bonds is 5. The number of piperidine rings is 2. The molecule has 0 saturated carbocycles. The summed E-state index contributed by atoms with van der Waals surface area (Å²) in [5.74, 6) is -1.53. The van der Waals surface area contributed by atoms with Crippen molar-refractivity contribution in [2.24, 2.45) is 11.1 Å². The third-order valence-corrected chi connectivity index (χ3v) is 8.30.